The number of aromatic nitrogens is 3. The molecule has 6 rings (SSSR count). The van der Waals surface area contributed by atoms with Crippen LogP contribution in [-0.2, 0) is 26.8 Å². The molecule has 0 saturated carbocycles. The molecule has 15 nitrogen and oxygen atoms in total. The molecule has 1 aromatic heterocycles. The summed E-state index contributed by atoms with van der Waals surface area (Å²) in [5.74, 6) is -1.12. The molecule has 0 radical (unpaired) electrons. The zero-order valence-corrected chi connectivity index (χ0v) is 26.6. The predicted octanol–water partition coefficient (Wildman–Crippen LogP) is 4.48. The molecule has 48 heavy (non-hydrogen) atoms. The van der Waals surface area contributed by atoms with E-state index in [-0.39, 0.29) is 62.2 Å². The van der Waals surface area contributed by atoms with Gasteiger partial charge in [0.05, 0.1) is 27.4 Å². The van der Waals surface area contributed by atoms with Gasteiger partial charge in [-0.25, -0.2) is 0 Å². The fraction of sp³-hybridized carbons (Fsp3) is 0.0333. The lowest BCUT2D eigenvalue weighted by atomic mass is 9.82. The first kappa shape index (κ1) is 32.5. The van der Waals surface area contributed by atoms with Gasteiger partial charge >= 0.3 is 0 Å². The summed E-state index contributed by atoms with van der Waals surface area (Å²) in [6, 6.07) is 19.1. The number of anilines is 6. The maximum atomic E-state index is 13.5. The number of nitrogens with two attached hydrogens (primary N) is 1. The highest BCUT2D eigenvalue weighted by Crippen LogP contribution is 2.40. The summed E-state index contributed by atoms with van der Waals surface area (Å²) < 4.78 is 66.4. The third kappa shape index (κ3) is 6.53. The minimum Gasteiger partial charge on any atom is -0.397 e. The molecule has 0 aliphatic heterocycles. The standard InChI is InChI=1S/C30H22ClN7O8S2/c31-28-36-29(38-30(37-28)35-17-4-3-5-18(12-17)47(41,42)43)33-14-15-8-10-16(11-9-15)34-21-13-22(48(44,45)46)25(32)24-23(21)26(39)19-6-1-2-7-20(19)27(24)40/h1-13,34H,14,32H2,(H,41,42,43)(H,44,45,46)(H2,33,35,36,37,38). The van der Waals surface area contributed by atoms with Crippen molar-refractivity contribution in [2.45, 2.75) is 16.3 Å². The molecule has 244 valence electrons. The summed E-state index contributed by atoms with van der Waals surface area (Å²) in [7, 11) is -9.30. The van der Waals surface area contributed by atoms with Gasteiger partial charge in [0, 0.05) is 29.0 Å². The first-order valence-electron chi connectivity index (χ1n) is 13.7. The van der Waals surface area contributed by atoms with Crippen molar-refractivity contribution in [1.82, 2.24) is 15.0 Å². The van der Waals surface area contributed by atoms with Gasteiger partial charge in [-0.2, -0.15) is 31.8 Å². The Kier molecular flexibility index (Phi) is 8.31. The highest BCUT2D eigenvalue weighted by atomic mass is 35.5. The molecule has 1 aliphatic rings. The Bertz CT molecular complexity index is 2370. The topological polar surface area (TPSA) is 244 Å². The van der Waals surface area contributed by atoms with Gasteiger partial charge in [0.1, 0.15) is 4.90 Å². The van der Waals surface area contributed by atoms with E-state index in [0.717, 1.165) is 11.6 Å². The molecular formula is C30H22ClN7O8S2. The van der Waals surface area contributed by atoms with Crippen LogP contribution in [0.3, 0.4) is 0 Å². The molecule has 7 N–H and O–H groups in total. The van der Waals surface area contributed by atoms with Crippen molar-refractivity contribution < 1.29 is 35.5 Å². The van der Waals surface area contributed by atoms with Crippen molar-refractivity contribution in [3.8, 4) is 0 Å². The van der Waals surface area contributed by atoms with Crippen molar-refractivity contribution in [3.63, 3.8) is 0 Å². The quantitative estimate of drug-likeness (QED) is 0.0896. The van der Waals surface area contributed by atoms with Gasteiger partial charge in [0.25, 0.3) is 20.2 Å². The maximum Gasteiger partial charge on any atom is 0.296 e. The van der Waals surface area contributed by atoms with Gasteiger partial charge in [0.2, 0.25) is 17.2 Å². The number of nitrogens with one attached hydrogen (secondary N) is 3. The van der Waals surface area contributed by atoms with E-state index in [0.29, 0.717) is 5.69 Å². The van der Waals surface area contributed by atoms with Crippen LogP contribution in [0.15, 0.2) is 88.7 Å². The molecule has 18 heteroatoms. The second kappa shape index (κ2) is 12.3. The monoisotopic (exact) mass is 707 g/mol. The third-order valence-electron chi connectivity index (χ3n) is 7.16. The van der Waals surface area contributed by atoms with Crippen LogP contribution >= 0.6 is 11.6 Å². The van der Waals surface area contributed by atoms with Crippen LogP contribution in [0.25, 0.3) is 0 Å². The third-order valence-corrected chi connectivity index (χ3v) is 9.07. The fourth-order valence-electron chi connectivity index (χ4n) is 5.00. The number of rotatable bonds is 9. The van der Waals surface area contributed by atoms with E-state index < -0.39 is 42.4 Å². The second-order valence-electron chi connectivity index (χ2n) is 10.3. The first-order chi connectivity index (χ1) is 22.7. The van der Waals surface area contributed by atoms with E-state index >= 15 is 0 Å². The Hall–Kier alpha value is -5.46. The first-order valence-corrected chi connectivity index (χ1v) is 16.9. The van der Waals surface area contributed by atoms with Gasteiger partial charge in [-0.15, -0.1) is 0 Å². The Balaban J connectivity index is 1.22. The van der Waals surface area contributed by atoms with E-state index in [1.165, 1.54) is 36.4 Å². The highest BCUT2D eigenvalue weighted by molar-refractivity contribution is 7.86. The second-order valence-corrected chi connectivity index (χ2v) is 13.5. The van der Waals surface area contributed by atoms with Crippen LogP contribution in [0, 0.1) is 0 Å². The Morgan fingerprint density at radius 1 is 0.708 bits per heavy atom. The van der Waals surface area contributed by atoms with E-state index in [2.05, 4.69) is 30.9 Å². The van der Waals surface area contributed by atoms with Crippen LogP contribution in [0.1, 0.15) is 37.4 Å². The lowest BCUT2D eigenvalue weighted by molar-refractivity contribution is 0.0980. The summed E-state index contributed by atoms with van der Waals surface area (Å²) in [5, 5.41) is 8.60. The van der Waals surface area contributed by atoms with Crippen LogP contribution in [-0.4, -0.2) is 52.5 Å². The number of fused-ring (bicyclic) bond motifs is 2. The summed E-state index contributed by atoms with van der Waals surface area (Å²) in [6.45, 7) is 0.201. The number of halogens is 1. The summed E-state index contributed by atoms with van der Waals surface area (Å²) >= 11 is 6.05. The van der Waals surface area contributed by atoms with Gasteiger partial charge in [-0.1, -0.05) is 42.5 Å². The van der Waals surface area contributed by atoms with E-state index in [4.69, 9.17) is 17.3 Å². The minimum absolute atomic E-state index is 0.00344. The molecule has 1 heterocycles. The molecule has 0 amide bonds. The van der Waals surface area contributed by atoms with Crippen molar-refractivity contribution in [1.29, 1.82) is 0 Å². The smallest absolute Gasteiger partial charge is 0.296 e. The van der Waals surface area contributed by atoms with E-state index in [9.17, 15) is 35.5 Å². The number of carbonyl (C=O) groups is 2. The van der Waals surface area contributed by atoms with Crippen molar-refractivity contribution in [3.05, 3.63) is 112 Å². The lowest BCUT2D eigenvalue weighted by Gasteiger charge is -2.23. The predicted molar refractivity (Wildman–Crippen MR) is 175 cm³/mol. The maximum absolute atomic E-state index is 13.5. The highest BCUT2D eigenvalue weighted by Gasteiger charge is 2.36. The molecule has 0 spiro atoms. The molecular weight excluding hydrogens is 686 g/mol. The number of ketones is 2. The molecule has 0 atom stereocenters. The Morgan fingerprint density at radius 3 is 2.00 bits per heavy atom. The minimum atomic E-state index is -4.87. The Morgan fingerprint density at radius 2 is 1.35 bits per heavy atom. The van der Waals surface area contributed by atoms with Crippen molar-refractivity contribution >= 4 is 78.0 Å². The van der Waals surface area contributed by atoms with Gasteiger partial charge < -0.3 is 21.7 Å². The van der Waals surface area contributed by atoms with E-state index in [1.54, 1.807) is 36.4 Å². The zero-order chi connectivity index (χ0) is 34.4. The van der Waals surface area contributed by atoms with Crippen molar-refractivity contribution in [2.75, 3.05) is 21.7 Å². The SMILES string of the molecule is Nc1c(S(=O)(=O)O)cc(Nc2ccc(CNc3nc(Cl)nc(Nc4cccc(S(=O)(=O)O)c4)n3)cc2)c2c1C(=O)c1ccccc1C2=O. The normalized spacial score (nSPS) is 12.6. The average Bonchev–Trinajstić information content (AvgIpc) is 3.03. The molecule has 0 bridgehead atoms. The van der Waals surface area contributed by atoms with Gasteiger partial charge in [0.15, 0.2) is 11.6 Å². The molecule has 4 aromatic carbocycles. The van der Waals surface area contributed by atoms with Crippen LogP contribution in [0.4, 0.5) is 34.6 Å². The largest absolute Gasteiger partial charge is 0.397 e. The molecule has 0 fully saturated rings. The molecule has 0 saturated heterocycles. The number of nitrogens with zero attached hydrogens (tertiary/aromatic N) is 3. The average molecular weight is 708 g/mol. The number of hydrogen-bond acceptors (Lipinski definition) is 13. The number of benzene rings is 4. The van der Waals surface area contributed by atoms with E-state index in [1.807, 2.05) is 0 Å². The van der Waals surface area contributed by atoms with Crippen LogP contribution in [0.5, 0.6) is 0 Å². The molecule has 0 unspecified atom stereocenters. The zero-order valence-electron chi connectivity index (χ0n) is 24.2. The number of carbonyl (C=O) groups excluding carboxylic acids is 2. The number of nitrogen functional groups attached to an aromatic ring is 1. The summed E-state index contributed by atoms with van der Waals surface area (Å²) in [5.41, 5.74) is 6.59. The lowest BCUT2D eigenvalue weighted by Crippen LogP contribution is -2.25. The summed E-state index contributed by atoms with van der Waals surface area (Å²) in [4.78, 5) is 38.1. The molecule has 1 aliphatic carbocycles. The van der Waals surface area contributed by atoms with Gasteiger partial charge in [-0.05, 0) is 53.6 Å². The van der Waals surface area contributed by atoms with Crippen LogP contribution in [0.2, 0.25) is 5.28 Å². The molecule has 5 aromatic rings. The number of hydrogen-bond donors (Lipinski definition) is 6. The Labute approximate surface area is 277 Å². The summed E-state index contributed by atoms with van der Waals surface area (Å²) in [6.07, 6.45) is 0. The van der Waals surface area contributed by atoms with Crippen LogP contribution < -0.4 is 21.7 Å². The van der Waals surface area contributed by atoms with Crippen molar-refractivity contribution in [2.24, 2.45) is 0 Å². The van der Waals surface area contributed by atoms with Gasteiger partial charge in [-0.3, -0.25) is 18.7 Å². The fourth-order valence-corrected chi connectivity index (χ4v) is 6.33.